The Kier molecular flexibility index (Phi) is 3.73. The number of hydrogen-bond acceptors (Lipinski definition) is 3. The van der Waals surface area contributed by atoms with Crippen LogP contribution in [0.1, 0.15) is 46.5 Å². The fourth-order valence-electron chi connectivity index (χ4n) is 1.91. The molecule has 1 aromatic rings. The first-order chi connectivity index (χ1) is 8.44. The second-order valence-electron chi connectivity index (χ2n) is 6.39. The van der Waals surface area contributed by atoms with Crippen LogP contribution >= 0.6 is 0 Å². The van der Waals surface area contributed by atoms with Crippen molar-refractivity contribution in [3.63, 3.8) is 0 Å². The van der Waals surface area contributed by atoms with E-state index >= 15 is 0 Å². The molecule has 0 unspecified atom stereocenters. The molecule has 0 bridgehead atoms. The van der Waals surface area contributed by atoms with Crippen LogP contribution in [0.15, 0.2) is 17.1 Å². The summed E-state index contributed by atoms with van der Waals surface area (Å²) in [5.41, 5.74) is 1.07. The summed E-state index contributed by atoms with van der Waals surface area (Å²) in [5.74, 6) is 0. The lowest BCUT2D eigenvalue weighted by Gasteiger charge is -2.27. The van der Waals surface area contributed by atoms with Crippen molar-refractivity contribution in [2.75, 3.05) is 5.32 Å². The summed E-state index contributed by atoms with van der Waals surface area (Å²) in [5, 5.41) is 7.58. The van der Waals surface area contributed by atoms with Gasteiger partial charge in [-0.2, -0.15) is 5.10 Å². The summed E-state index contributed by atoms with van der Waals surface area (Å²) >= 11 is 0. The van der Waals surface area contributed by atoms with Gasteiger partial charge in [-0.1, -0.05) is 20.8 Å². The van der Waals surface area contributed by atoms with Crippen LogP contribution in [-0.4, -0.2) is 15.8 Å². The average Bonchev–Trinajstić information content (AvgIpc) is 2.21. The first-order valence-corrected chi connectivity index (χ1v) is 6.78. The molecule has 1 N–H and O–H groups in total. The maximum Gasteiger partial charge on any atom is 0.268 e. The monoisotopic (exact) mass is 249 g/mol. The predicted octanol–water partition coefficient (Wildman–Crippen LogP) is 2.64. The average molecular weight is 249 g/mol. The second kappa shape index (κ2) is 5.12. The number of aryl methyl sites for hydroxylation is 1. The predicted molar refractivity (Wildman–Crippen MR) is 73.8 cm³/mol. The van der Waals surface area contributed by atoms with Gasteiger partial charge >= 0.3 is 0 Å². The molecule has 2 rings (SSSR count). The molecule has 0 atom stereocenters. The molecule has 0 amide bonds. The molecule has 18 heavy (non-hydrogen) atoms. The van der Waals surface area contributed by atoms with E-state index in [1.807, 2.05) is 0 Å². The van der Waals surface area contributed by atoms with Crippen molar-refractivity contribution < 1.29 is 0 Å². The van der Waals surface area contributed by atoms with Crippen LogP contribution < -0.4 is 10.9 Å². The van der Waals surface area contributed by atoms with Crippen LogP contribution in [-0.2, 0) is 6.54 Å². The molecule has 0 aliphatic heterocycles. The van der Waals surface area contributed by atoms with Gasteiger partial charge in [-0.3, -0.25) is 4.79 Å². The normalized spacial score (nSPS) is 16.4. The van der Waals surface area contributed by atoms with Gasteiger partial charge in [0.25, 0.3) is 5.56 Å². The van der Waals surface area contributed by atoms with Crippen molar-refractivity contribution in [2.45, 2.75) is 59.0 Å². The minimum absolute atomic E-state index is 0.0106. The number of nitrogens with one attached hydrogen (secondary N) is 1. The molecule has 1 aliphatic rings. The number of rotatable bonds is 4. The van der Waals surface area contributed by atoms with E-state index in [-0.39, 0.29) is 11.0 Å². The lowest BCUT2D eigenvalue weighted by Crippen LogP contribution is -2.29. The van der Waals surface area contributed by atoms with Gasteiger partial charge in [-0.05, 0) is 31.1 Å². The molecule has 0 aromatic carbocycles. The topological polar surface area (TPSA) is 46.9 Å². The van der Waals surface area contributed by atoms with Crippen LogP contribution in [0.4, 0.5) is 5.69 Å². The molecule has 1 heterocycles. The Morgan fingerprint density at radius 1 is 1.44 bits per heavy atom. The lowest BCUT2D eigenvalue weighted by molar-refractivity contribution is 0.336. The first kappa shape index (κ1) is 13.1. The van der Waals surface area contributed by atoms with E-state index < -0.39 is 0 Å². The van der Waals surface area contributed by atoms with Crippen molar-refractivity contribution in [3.8, 4) is 0 Å². The molecule has 100 valence electrons. The summed E-state index contributed by atoms with van der Waals surface area (Å²) in [6, 6.07) is 2.20. The highest BCUT2D eigenvalue weighted by molar-refractivity contribution is 5.40. The molecule has 4 heteroatoms. The lowest BCUT2D eigenvalue weighted by atomic mass is 9.92. The van der Waals surface area contributed by atoms with Gasteiger partial charge in [-0.25, -0.2) is 4.68 Å². The number of hydrogen-bond donors (Lipinski definition) is 1. The first-order valence-electron chi connectivity index (χ1n) is 6.78. The van der Waals surface area contributed by atoms with Crippen molar-refractivity contribution in [3.05, 3.63) is 22.6 Å². The number of aromatic nitrogens is 2. The van der Waals surface area contributed by atoms with Crippen LogP contribution in [0.3, 0.4) is 0 Å². The van der Waals surface area contributed by atoms with E-state index in [9.17, 15) is 4.79 Å². The Morgan fingerprint density at radius 3 is 2.67 bits per heavy atom. The van der Waals surface area contributed by atoms with E-state index in [1.165, 1.54) is 19.3 Å². The largest absolute Gasteiger partial charge is 0.381 e. The summed E-state index contributed by atoms with van der Waals surface area (Å²) in [6.45, 7) is 7.20. The van der Waals surface area contributed by atoms with Crippen LogP contribution in [0.2, 0.25) is 0 Å². The van der Waals surface area contributed by atoms with Gasteiger partial charge in [0.2, 0.25) is 0 Å². The summed E-state index contributed by atoms with van der Waals surface area (Å²) in [4.78, 5) is 11.9. The molecule has 1 aromatic heterocycles. The second-order valence-corrected chi connectivity index (χ2v) is 6.39. The molecular formula is C14H23N3O. The van der Waals surface area contributed by atoms with Gasteiger partial charge in [0.15, 0.2) is 0 Å². The Bertz CT molecular complexity index is 455. The van der Waals surface area contributed by atoms with E-state index in [4.69, 9.17) is 0 Å². The molecule has 1 saturated carbocycles. The third-order valence-corrected chi connectivity index (χ3v) is 3.42. The molecule has 1 aliphatic carbocycles. The van der Waals surface area contributed by atoms with Crippen molar-refractivity contribution in [1.29, 1.82) is 0 Å². The van der Waals surface area contributed by atoms with Crippen LogP contribution in [0.5, 0.6) is 0 Å². The SMILES string of the molecule is CC(C)(C)CCn1ncc(NC2CCC2)cc1=O. The van der Waals surface area contributed by atoms with Crippen molar-refractivity contribution >= 4 is 5.69 Å². The van der Waals surface area contributed by atoms with E-state index in [0.29, 0.717) is 12.6 Å². The third-order valence-electron chi connectivity index (χ3n) is 3.42. The van der Waals surface area contributed by atoms with Crippen molar-refractivity contribution in [2.24, 2.45) is 5.41 Å². The highest BCUT2D eigenvalue weighted by Gasteiger charge is 2.17. The quantitative estimate of drug-likeness (QED) is 0.892. The molecule has 0 spiro atoms. The number of nitrogens with zero attached hydrogens (tertiary/aromatic N) is 2. The zero-order valence-electron chi connectivity index (χ0n) is 11.6. The fourth-order valence-corrected chi connectivity index (χ4v) is 1.91. The Labute approximate surface area is 108 Å². The van der Waals surface area contributed by atoms with Gasteiger partial charge in [0, 0.05) is 18.7 Å². The fraction of sp³-hybridized carbons (Fsp3) is 0.714. The zero-order valence-corrected chi connectivity index (χ0v) is 11.6. The standard InChI is InChI=1S/C14H23N3O/c1-14(2,3)7-8-17-13(18)9-12(10-15-17)16-11-5-4-6-11/h9-11,16H,4-8H2,1-3H3. The van der Waals surface area contributed by atoms with E-state index in [0.717, 1.165) is 12.1 Å². The Hall–Kier alpha value is -1.32. The van der Waals surface area contributed by atoms with Crippen LogP contribution in [0.25, 0.3) is 0 Å². The Balaban J connectivity index is 1.98. The molecular weight excluding hydrogens is 226 g/mol. The molecule has 4 nitrogen and oxygen atoms in total. The maximum atomic E-state index is 11.9. The molecule has 0 saturated heterocycles. The van der Waals surface area contributed by atoms with Crippen LogP contribution in [0, 0.1) is 5.41 Å². The summed E-state index contributed by atoms with van der Waals surface area (Å²) in [7, 11) is 0. The van der Waals surface area contributed by atoms with Gasteiger partial charge < -0.3 is 5.32 Å². The smallest absolute Gasteiger partial charge is 0.268 e. The van der Waals surface area contributed by atoms with E-state index in [2.05, 4.69) is 31.2 Å². The third kappa shape index (κ3) is 3.59. The van der Waals surface area contributed by atoms with Gasteiger partial charge in [0.1, 0.15) is 0 Å². The van der Waals surface area contributed by atoms with Gasteiger partial charge in [0.05, 0.1) is 11.9 Å². The molecule has 1 fully saturated rings. The molecule has 0 radical (unpaired) electrons. The summed E-state index contributed by atoms with van der Waals surface area (Å²) in [6.07, 6.45) is 6.41. The van der Waals surface area contributed by atoms with Gasteiger partial charge in [-0.15, -0.1) is 0 Å². The Morgan fingerprint density at radius 2 is 2.17 bits per heavy atom. The highest BCUT2D eigenvalue weighted by atomic mass is 16.1. The maximum absolute atomic E-state index is 11.9. The zero-order chi connectivity index (χ0) is 13.2. The van der Waals surface area contributed by atoms with E-state index in [1.54, 1.807) is 16.9 Å². The highest BCUT2D eigenvalue weighted by Crippen LogP contribution is 2.22. The number of anilines is 1. The minimum atomic E-state index is -0.0106. The summed E-state index contributed by atoms with van der Waals surface area (Å²) < 4.78 is 1.55. The minimum Gasteiger partial charge on any atom is -0.381 e. The van der Waals surface area contributed by atoms with Crippen molar-refractivity contribution in [1.82, 2.24) is 9.78 Å².